The van der Waals surface area contributed by atoms with Crippen molar-refractivity contribution in [2.75, 3.05) is 52.5 Å². The molecule has 0 aromatic heterocycles. The van der Waals surface area contributed by atoms with Crippen LogP contribution in [0.4, 0.5) is 0 Å². The number of hydrogen-bond acceptors (Lipinski definition) is 4. The first-order chi connectivity index (χ1) is 9.70. The number of morpholine rings is 1. The Morgan fingerprint density at radius 2 is 2.05 bits per heavy atom. The van der Waals surface area contributed by atoms with E-state index in [-0.39, 0.29) is 17.7 Å². The predicted octanol–water partition coefficient (Wildman–Crippen LogP) is -0.531. The Morgan fingerprint density at radius 3 is 2.75 bits per heavy atom. The molecular formula is C14H23N3O3. The zero-order chi connectivity index (χ0) is 14.4. The van der Waals surface area contributed by atoms with Crippen molar-refractivity contribution in [3.8, 4) is 0 Å². The molecule has 2 aliphatic rings. The molecule has 6 nitrogen and oxygen atoms in total. The number of likely N-dealkylation sites (tertiary alicyclic amines) is 1. The molecule has 112 valence electrons. The number of ether oxygens (including phenoxy) is 1. The van der Waals surface area contributed by atoms with E-state index in [1.54, 1.807) is 6.08 Å². The van der Waals surface area contributed by atoms with Crippen LogP contribution in [0.2, 0.25) is 0 Å². The Bertz CT molecular complexity index is 367. The third-order valence-corrected chi connectivity index (χ3v) is 3.76. The van der Waals surface area contributed by atoms with Gasteiger partial charge in [-0.3, -0.25) is 14.5 Å². The molecule has 0 aromatic rings. The van der Waals surface area contributed by atoms with Crippen molar-refractivity contribution in [3.63, 3.8) is 0 Å². The van der Waals surface area contributed by atoms with Gasteiger partial charge in [0.15, 0.2) is 0 Å². The fourth-order valence-corrected chi connectivity index (χ4v) is 2.66. The lowest BCUT2D eigenvalue weighted by Gasteiger charge is -2.29. The summed E-state index contributed by atoms with van der Waals surface area (Å²) in [5.74, 6) is 0.229. The zero-order valence-corrected chi connectivity index (χ0v) is 11.8. The summed E-state index contributed by atoms with van der Waals surface area (Å²) in [4.78, 5) is 27.9. The highest BCUT2D eigenvalue weighted by Gasteiger charge is 2.32. The number of carbonyl (C=O) groups excluding carboxylic acids is 2. The number of amides is 2. The van der Waals surface area contributed by atoms with Crippen molar-refractivity contribution in [1.82, 2.24) is 15.1 Å². The molecule has 6 heteroatoms. The van der Waals surface area contributed by atoms with Gasteiger partial charge in [-0.15, -0.1) is 6.58 Å². The Balaban J connectivity index is 1.75. The van der Waals surface area contributed by atoms with Crippen LogP contribution in [-0.4, -0.2) is 74.1 Å². The van der Waals surface area contributed by atoms with Gasteiger partial charge in [-0.05, 0) is 13.0 Å². The Morgan fingerprint density at radius 1 is 1.30 bits per heavy atom. The van der Waals surface area contributed by atoms with E-state index in [4.69, 9.17) is 4.74 Å². The van der Waals surface area contributed by atoms with Crippen LogP contribution in [0.3, 0.4) is 0 Å². The summed E-state index contributed by atoms with van der Waals surface area (Å²) in [6, 6.07) is 0. The van der Waals surface area contributed by atoms with Crippen molar-refractivity contribution in [3.05, 3.63) is 12.7 Å². The molecule has 0 aromatic carbocycles. The van der Waals surface area contributed by atoms with Crippen molar-refractivity contribution in [2.45, 2.75) is 6.42 Å². The molecule has 0 spiro atoms. The summed E-state index contributed by atoms with van der Waals surface area (Å²) in [6.45, 7) is 8.54. The van der Waals surface area contributed by atoms with Crippen LogP contribution in [0.1, 0.15) is 6.42 Å². The first kappa shape index (κ1) is 15.0. The van der Waals surface area contributed by atoms with Crippen LogP contribution in [0.15, 0.2) is 12.7 Å². The van der Waals surface area contributed by atoms with E-state index >= 15 is 0 Å². The van der Waals surface area contributed by atoms with Gasteiger partial charge in [-0.1, -0.05) is 6.08 Å². The van der Waals surface area contributed by atoms with Crippen LogP contribution in [-0.2, 0) is 14.3 Å². The Labute approximate surface area is 119 Å². The normalized spacial score (nSPS) is 23.6. The monoisotopic (exact) mass is 281 g/mol. The van der Waals surface area contributed by atoms with E-state index in [0.717, 1.165) is 13.0 Å². The minimum Gasteiger partial charge on any atom is -0.378 e. The molecule has 0 saturated carbocycles. The van der Waals surface area contributed by atoms with E-state index in [2.05, 4.69) is 11.9 Å². The minimum atomic E-state index is -0.00984. The second-order valence-electron chi connectivity index (χ2n) is 5.25. The standard InChI is InChI=1S/C14H23N3O3/c1-2-4-15-13(18)11-16-5-3-12(10-16)14(19)17-6-8-20-9-7-17/h2,12H,1,3-11H2,(H,15,18). The Kier molecular flexibility index (Phi) is 5.55. The zero-order valence-electron chi connectivity index (χ0n) is 11.8. The summed E-state index contributed by atoms with van der Waals surface area (Å²) >= 11 is 0. The van der Waals surface area contributed by atoms with Crippen LogP contribution < -0.4 is 5.32 Å². The second kappa shape index (κ2) is 7.40. The SMILES string of the molecule is C=CCNC(=O)CN1CCC(C(=O)N2CCOCC2)C1. The molecule has 2 fully saturated rings. The smallest absolute Gasteiger partial charge is 0.234 e. The van der Waals surface area contributed by atoms with Crippen LogP contribution in [0.5, 0.6) is 0 Å². The van der Waals surface area contributed by atoms with Gasteiger partial charge in [0.2, 0.25) is 11.8 Å². The van der Waals surface area contributed by atoms with Gasteiger partial charge in [-0.2, -0.15) is 0 Å². The highest BCUT2D eigenvalue weighted by atomic mass is 16.5. The van der Waals surface area contributed by atoms with Crippen LogP contribution in [0, 0.1) is 5.92 Å². The number of rotatable bonds is 5. The lowest BCUT2D eigenvalue weighted by atomic mass is 10.1. The topological polar surface area (TPSA) is 61.9 Å². The molecule has 0 aliphatic carbocycles. The number of nitrogens with zero attached hydrogens (tertiary/aromatic N) is 2. The van der Waals surface area contributed by atoms with Crippen LogP contribution in [0.25, 0.3) is 0 Å². The maximum Gasteiger partial charge on any atom is 0.234 e. The minimum absolute atomic E-state index is 0.00984. The largest absolute Gasteiger partial charge is 0.378 e. The van der Waals surface area contributed by atoms with Crippen molar-refractivity contribution >= 4 is 11.8 Å². The van der Waals surface area contributed by atoms with Crippen LogP contribution >= 0.6 is 0 Å². The number of nitrogens with one attached hydrogen (secondary N) is 1. The molecular weight excluding hydrogens is 258 g/mol. The van der Waals surface area contributed by atoms with Crippen molar-refractivity contribution in [2.24, 2.45) is 5.92 Å². The summed E-state index contributed by atoms with van der Waals surface area (Å²) in [5.41, 5.74) is 0. The molecule has 2 aliphatic heterocycles. The first-order valence-electron chi connectivity index (χ1n) is 7.17. The third-order valence-electron chi connectivity index (χ3n) is 3.76. The average Bonchev–Trinajstić information content (AvgIpc) is 2.93. The van der Waals surface area contributed by atoms with Gasteiger partial charge in [-0.25, -0.2) is 0 Å². The van der Waals surface area contributed by atoms with Gasteiger partial charge < -0.3 is 15.0 Å². The molecule has 1 N–H and O–H groups in total. The molecule has 1 unspecified atom stereocenters. The van der Waals surface area contributed by atoms with Gasteiger partial charge in [0.1, 0.15) is 0 Å². The molecule has 0 bridgehead atoms. The van der Waals surface area contributed by atoms with E-state index in [1.165, 1.54) is 0 Å². The lowest BCUT2D eigenvalue weighted by Crippen LogP contribution is -2.44. The fourth-order valence-electron chi connectivity index (χ4n) is 2.66. The maximum absolute atomic E-state index is 12.3. The van der Waals surface area contributed by atoms with E-state index in [9.17, 15) is 9.59 Å². The molecule has 1 atom stereocenters. The number of hydrogen-bond donors (Lipinski definition) is 1. The van der Waals surface area contributed by atoms with E-state index in [1.807, 2.05) is 9.80 Å². The van der Waals surface area contributed by atoms with Crippen molar-refractivity contribution in [1.29, 1.82) is 0 Å². The van der Waals surface area contributed by atoms with Gasteiger partial charge >= 0.3 is 0 Å². The van der Waals surface area contributed by atoms with E-state index < -0.39 is 0 Å². The first-order valence-corrected chi connectivity index (χ1v) is 7.17. The average molecular weight is 281 g/mol. The van der Waals surface area contributed by atoms with Crippen molar-refractivity contribution < 1.29 is 14.3 Å². The molecule has 2 rings (SSSR count). The fraction of sp³-hybridized carbons (Fsp3) is 0.714. The maximum atomic E-state index is 12.3. The quantitative estimate of drug-likeness (QED) is 0.688. The van der Waals surface area contributed by atoms with Gasteiger partial charge in [0.05, 0.1) is 25.7 Å². The van der Waals surface area contributed by atoms with Gasteiger partial charge in [0, 0.05) is 26.2 Å². The molecule has 20 heavy (non-hydrogen) atoms. The molecule has 2 heterocycles. The second-order valence-corrected chi connectivity index (χ2v) is 5.25. The molecule has 2 saturated heterocycles. The lowest BCUT2D eigenvalue weighted by molar-refractivity contribution is -0.139. The highest BCUT2D eigenvalue weighted by molar-refractivity contribution is 5.80. The Hall–Kier alpha value is -1.40. The van der Waals surface area contributed by atoms with E-state index in [0.29, 0.717) is 45.9 Å². The molecule has 2 amide bonds. The third kappa shape index (κ3) is 4.05. The molecule has 0 radical (unpaired) electrons. The van der Waals surface area contributed by atoms with Gasteiger partial charge in [0.25, 0.3) is 0 Å². The number of carbonyl (C=O) groups is 2. The summed E-state index contributed by atoms with van der Waals surface area (Å²) in [5, 5.41) is 2.76. The highest BCUT2D eigenvalue weighted by Crippen LogP contribution is 2.19. The summed E-state index contributed by atoms with van der Waals surface area (Å²) < 4.78 is 5.26. The summed E-state index contributed by atoms with van der Waals surface area (Å²) in [6.07, 6.45) is 2.50. The summed E-state index contributed by atoms with van der Waals surface area (Å²) in [7, 11) is 0. The predicted molar refractivity (Wildman–Crippen MR) is 75.2 cm³/mol.